The zero-order chi connectivity index (χ0) is 18.0. The molecule has 1 aromatic carbocycles. The number of aromatic amines is 1. The fourth-order valence-electron chi connectivity index (χ4n) is 3.22. The molecule has 2 aromatic rings. The van der Waals surface area contributed by atoms with Gasteiger partial charge in [-0.2, -0.15) is 5.10 Å². The number of ether oxygens (including phenoxy) is 2. The Morgan fingerprint density at radius 2 is 2.00 bits per heavy atom. The maximum absolute atomic E-state index is 12.7. The number of aryl methyl sites for hydroxylation is 1. The number of amides is 1. The van der Waals surface area contributed by atoms with Crippen LogP contribution in [0, 0.1) is 6.92 Å². The second-order valence-corrected chi connectivity index (χ2v) is 6.22. The Hall–Kier alpha value is -2.54. The molecule has 134 valence electrons. The van der Waals surface area contributed by atoms with Crippen molar-refractivity contribution in [2.75, 3.05) is 20.8 Å². The first-order valence-electron chi connectivity index (χ1n) is 8.35. The fraction of sp³-hybridized carbons (Fsp3) is 0.444. The van der Waals surface area contributed by atoms with Crippen molar-refractivity contribution in [2.45, 2.75) is 32.9 Å². The van der Waals surface area contributed by atoms with E-state index in [2.05, 4.69) is 20.8 Å². The van der Waals surface area contributed by atoms with Crippen LogP contribution in [-0.2, 0) is 13.0 Å². The molecule has 0 bridgehead atoms. The number of H-pyrrole nitrogens is 1. The second-order valence-electron chi connectivity index (χ2n) is 6.22. The number of nitrogens with one attached hydrogen (secondary N) is 3. The van der Waals surface area contributed by atoms with E-state index in [-0.39, 0.29) is 11.9 Å². The number of carbonyl (C=O) groups is 1. The van der Waals surface area contributed by atoms with Crippen molar-refractivity contribution in [3.63, 3.8) is 0 Å². The highest BCUT2D eigenvalue weighted by Gasteiger charge is 2.23. The van der Waals surface area contributed by atoms with E-state index < -0.39 is 0 Å². The van der Waals surface area contributed by atoms with Crippen molar-refractivity contribution in [2.24, 2.45) is 0 Å². The van der Waals surface area contributed by atoms with Crippen molar-refractivity contribution >= 4 is 5.91 Å². The van der Waals surface area contributed by atoms with E-state index in [1.54, 1.807) is 14.2 Å². The molecule has 1 aromatic heterocycles. The maximum atomic E-state index is 12.7. The lowest BCUT2D eigenvalue weighted by Crippen LogP contribution is -2.30. The Balaban J connectivity index is 1.81. The predicted molar refractivity (Wildman–Crippen MR) is 94.2 cm³/mol. The molecular weight excluding hydrogens is 320 g/mol. The molecule has 3 rings (SSSR count). The van der Waals surface area contributed by atoms with Crippen LogP contribution in [-0.4, -0.2) is 36.9 Å². The highest BCUT2D eigenvalue weighted by atomic mass is 16.5. The zero-order valence-electron chi connectivity index (χ0n) is 15.0. The van der Waals surface area contributed by atoms with E-state index >= 15 is 0 Å². The Kier molecular flexibility index (Phi) is 4.94. The number of fused-ring (bicyclic) bond motifs is 1. The molecule has 0 fully saturated rings. The molecule has 1 amide bonds. The summed E-state index contributed by atoms with van der Waals surface area (Å²) in [5.41, 5.74) is 4.47. The summed E-state index contributed by atoms with van der Waals surface area (Å²) in [4.78, 5) is 12.7. The van der Waals surface area contributed by atoms with Crippen LogP contribution in [0.2, 0.25) is 0 Å². The summed E-state index contributed by atoms with van der Waals surface area (Å²) in [7, 11) is 3.21. The third-order valence-corrected chi connectivity index (χ3v) is 4.61. The Labute approximate surface area is 147 Å². The molecule has 2 heterocycles. The van der Waals surface area contributed by atoms with Gasteiger partial charge in [-0.05, 0) is 37.1 Å². The number of nitrogens with zero attached hydrogens (tertiary/aromatic N) is 1. The Morgan fingerprint density at radius 1 is 1.28 bits per heavy atom. The SMILES string of the molecule is COc1cc(C)c(C(C)NC(=O)c2n[nH]c3c2CNCC3)cc1OC. The number of hydrogen-bond acceptors (Lipinski definition) is 5. The van der Waals surface area contributed by atoms with E-state index in [1.165, 1.54) is 0 Å². The van der Waals surface area contributed by atoms with Gasteiger partial charge in [0, 0.05) is 30.8 Å². The number of carbonyl (C=O) groups excluding carboxylic acids is 1. The molecule has 0 spiro atoms. The predicted octanol–water partition coefficient (Wildman–Crippen LogP) is 1.87. The minimum Gasteiger partial charge on any atom is -0.493 e. The third kappa shape index (κ3) is 3.32. The average molecular weight is 344 g/mol. The van der Waals surface area contributed by atoms with E-state index in [4.69, 9.17) is 9.47 Å². The van der Waals surface area contributed by atoms with Gasteiger partial charge in [-0.15, -0.1) is 0 Å². The second kappa shape index (κ2) is 7.14. The fourth-order valence-corrected chi connectivity index (χ4v) is 3.22. The summed E-state index contributed by atoms with van der Waals surface area (Å²) in [6.45, 7) is 5.50. The molecule has 1 aliphatic heterocycles. The number of methoxy groups -OCH3 is 2. The molecule has 25 heavy (non-hydrogen) atoms. The average Bonchev–Trinajstić information content (AvgIpc) is 3.05. The minimum absolute atomic E-state index is 0.178. The molecule has 0 saturated carbocycles. The van der Waals surface area contributed by atoms with Crippen LogP contribution in [0.25, 0.3) is 0 Å². The first kappa shape index (κ1) is 17.3. The molecule has 0 radical (unpaired) electrons. The van der Waals surface area contributed by atoms with E-state index in [0.717, 1.165) is 35.3 Å². The van der Waals surface area contributed by atoms with Gasteiger partial charge in [0.1, 0.15) is 0 Å². The molecule has 0 saturated heterocycles. The highest BCUT2D eigenvalue weighted by Crippen LogP contribution is 2.33. The van der Waals surface area contributed by atoms with Gasteiger partial charge >= 0.3 is 0 Å². The smallest absolute Gasteiger partial charge is 0.272 e. The van der Waals surface area contributed by atoms with Gasteiger partial charge in [0.25, 0.3) is 5.91 Å². The van der Waals surface area contributed by atoms with Crippen molar-refractivity contribution < 1.29 is 14.3 Å². The molecule has 1 unspecified atom stereocenters. The highest BCUT2D eigenvalue weighted by molar-refractivity contribution is 5.94. The lowest BCUT2D eigenvalue weighted by molar-refractivity contribution is 0.0933. The largest absolute Gasteiger partial charge is 0.493 e. The summed E-state index contributed by atoms with van der Waals surface area (Å²) in [6, 6.07) is 3.63. The first-order chi connectivity index (χ1) is 12.0. The number of rotatable bonds is 5. The molecule has 1 aliphatic rings. The van der Waals surface area contributed by atoms with Crippen LogP contribution in [0.4, 0.5) is 0 Å². The van der Waals surface area contributed by atoms with Crippen LogP contribution in [0.5, 0.6) is 11.5 Å². The van der Waals surface area contributed by atoms with E-state index in [9.17, 15) is 4.79 Å². The standard InChI is InChI=1S/C18H24N4O3/c1-10-7-15(24-3)16(25-4)8-12(10)11(2)20-18(23)17-13-9-19-6-5-14(13)21-22-17/h7-8,11,19H,5-6,9H2,1-4H3,(H,20,23)(H,21,22). The summed E-state index contributed by atoms with van der Waals surface area (Å²) in [5, 5.41) is 13.5. The summed E-state index contributed by atoms with van der Waals surface area (Å²) >= 11 is 0. The topological polar surface area (TPSA) is 88.3 Å². The van der Waals surface area contributed by atoms with Crippen LogP contribution < -0.4 is 20.1 Å². The molecular formula is C18H24N4O3. The number of hydrogen-bond donors (Lipinski definition) is 3. The van der Waals surface area contributed by atoms with Crippen LogP contribution in [0.15, 0.2) is 12.1 Å². The zero-order valence-corrected chi connectivity index (χ0v) is 15.0. The minimum atomic E-state index is -0.184. The van der Waals surface area contributed by atoms with Crippen molar-refractivity contribution in [3.8, 4) is 11.5 Å². The number of aromatic nitrogens is 2. The molecule has 7 nitrogen and oxygen atoms in total. The van der Waals surface area contributed by atoms with E-state index in [1.807, 2.05) is 26.0 Å². The Bertz CT molecular complexity index is 785. The normalized spacial score (nSPS) is 14.6. The van der Waals surface area contributed by atoms with Crippen LogP contribution in [0.1, 0.15) is 45.8 Å². The quantitative estimate of drug-likeness (QED) is 0.771. The molecule has 0 aliphatic carbocycles. The Morgan fingerprint density at radius 3 is 2.72 bits per heavy atom. The van der Waals surface area contributed by atoms with Crippen molar-refractivity contribution in [3.05, 3.63) is 40.2 Å². The van der Waals surface area contributed by atoms with Gasteiger partial charge in [0.05, 0.1) is 20.3 Å². The third-order valence-electron chi connectivity index (χ3n) is 4.61. The van der Waals surface area contributed by atoms with Gasteiger partial charge in [-0.1, -0.05) is 0 Å². The van der Waals surface area contributed by atoms with Crippen LogP contribution >= 0.6 is 0 Å². The van der Waals surface area contributed by atoms with Crippen molar-refractivity contribution in [1.82, 2.24) is 20.8 Å². The van der Waals surface area contributed by atoms with Gasteiger partial charge in [0.2, 0.25) is 0 Å². The monoisotopic (exact) mass is 344 g/mol. The maximum Gasteiger partial charge on any atom is 0.272 e. The van der Waals surface area contributed by atoms with Gasteiger partial charge in [-0.3, -0.25) is 9.89 Å². The first-order valence-corrected chi connectivity index (χ1v) is 8.35. The van der Waals surface area contributed by atoms with E-state index in [0.29, 0.717) is 23.7 Å². The summed E-state index contributed by atoms with van der Waals surface area (Å²) in [5.74, 6) is 1.14. The molecule has 7 heteroatoms. The van der Waals surface area contributed by atoms with Gasteiger partial charge < -0.3 is 20.1 Å². The lowest BCUT2D eigenvalue weighted by atomic mass is 10.0. The van der Waals surface area contributed by atoms with Crippen LogP contribution in [0.3, 0.4) is 0 Å². The van der Waals surface area contributed by atoms with Gasteiger partial charge in [-0.25, -0.2) is 0 Å². The molecule has 3 N–H and O–H groups in total. The lowest BCUT2D eigenvalue weighted by Gasteiger charge is -2.19. The molecule has 1 atom stereocenters. The van der Waals surface area contributed by atoms with Crippen molar-refractivity contribution in [1.29, 1.82) is 0 Å². The van der Waals surface area contributed by atoms with Gasteiger partial charge in [0.15, 0.2) is 17.2 Å². The summed E-state index contributed by atoms with van der Waals surface area (Å²) in [6.07, 6.45) is 0.861. The summed E-state index contributed by atoms with van der Waals surface area (Å²) < 4.78 is 10.7. The number of benzene rings is 1.